The van der Waals surface area contributed by atoms with Gasteiger partial charge in [-0.05, 0) is 30.7 Å². The summed E-state index contributed by atoms with van der Waals surface area (Å²) in [5, 5.41) is 0. The molecule has 0 unspecified atom stereocenters. The normalized spacial score (nSPS) is 11.2. The van der Waals surface area contributed by atoms with Crippen molar-refractivity contribution in [2.24, 2.45) is 0 Å². The number of benzene rings is 2. The third kappa shape index (κ3) is 2.89. The number of fused-ring (bicyclic) bond motifs is 1. The van der Waals surface area contributed by atoms with E-state index in [0.29, 0.717) is 5.56 Å². The smallest absolute Gasteiger partial charge is 0.144 e. The van der Waals surface area contributed by atoms with E-state index in [1.165, 1.54) is 25.3 Å². The van der Waals surface area contributed by atoms with Crippen LogP contribution in [-0.4, -0.2) is 9.55 Å². The lowest BCUT2D eigenvalue weighted by Crippen LogP contribution is -2.02. The Morgan fingerprint density at radius 3 is 2.55 bits per heavy atom. The third-order valence-electron chi connectivity index (χ3n) is 4.00. The lowest BCUT2D eigenvalue weighted by atomic mass is 10.2. The number of nitrogens with zero attached hydrogens (tertiary/aromatic N) is 2. The van der Waals surface area contributed by atoms with E-state index in [1.807, 2.05) is 24.3 Å². The average Bonchev–Trinajstić information content (AvgIpc) is 2.90. The fourth-order valence-corrected chi connectivity index (χ4v) is 2.85. The molecule has 0 radical (unpaired) electrons. The van der Waals surface area contributed by atoms with E-state index in [1.54, 1.807) is 12.1 Å². The second kappa shape index (κ2) is 6.73. The van der Waals surface area contributed by atoms with Gasteiger partial charge in [0.25, 0.3) is 0 Å². The molecule has 3 rings (SSSR count). The second-order valence-electron chi connectivity index (χ2n) is 5.62. The molecule has 0 saturated heterocycles. The molecule has 0 fully saturated rings. The molecule has 0 bridgehead atoms. The van der Waals surface area contributed by atoms with E-state index < -0.39 is 0 Å². The lowest BCUT2D eigenvalue weighted by molar-refractivity contribution is 0.590. The number of imidazole rings is 1. The van der Waals surface area contributed by atoms with Crippen molar-refractivity contribution < 1.29 is 4.39 Å². The van der Waals surface area contributed by atoms with E-state index in [2.05, 4.69) is 22.5 Å². The first-order valence-corrected chi connectivity index (χ1v) is 8.01. The number of unbranched alkanes of at least 4 members (excludes halogenated alkanes) is 3. The number of aryl methyl sites for hydroxylation is 1. The first kappa shape index (κ1) is 14.8. The number of halogens is 1. The van der Waals surface area contributed by atoms with Gasteiger partial charge in [0.2, 0.25) is 0 Å². The van der Waals surface area contributed by atoms with E-state index >= 15 is 0 Å². The van der Waals surface area contributed by atoms with Gasteiger partial charge < -0.3 is 4.57 Å². The average molecular weight is 296 g/mol. The minimum absolute atomic E-state index is 0.215. The van der Waals surface area contributed by atoms with Gasteiger partial charge in [-0.2, -0.15) is 0 Å². The first-order valence-electron chi connectivity index (χ1n) is 8.01. The molecule has 3 heteroatoms. The van der Waals surface area contributed by atoms with Gasteiger partial charge in [-0.15, -0.1) is 0 Å². The van der Waals surface area contributed by atoms with Crippen molar-refractivity contribution >= 4 is 11.0 Å². The van der Waals surface area contributed by atoms with Crippen LogP contribution in [0.3, 0.4) is 0 Å². The molecule has 0 aliphatic rings. The highest BCUT2D eigenvalue weighted by atomic mass is 19.1. The van der Waals surface area contributed by atoms with Gasteiger partial charge >= 0.3 is 0 Å². The summed E-state index contributed by atoms with van der Waals surface area (Å²) >= 11 is 0. The molecule has 114 valence electrons. The molecule has 0 amide bonds. The van der Waals surface area contributed by atoms with Gasteiger partial charge in [0.1, 0.15) is 11.6 Å². The quantitative estimate of drug-likeness (QED) is 0.555. The predicted molar refractivity (Wildman–Crippen MR) is 89.3 cm³/mol. The van der Waals surface area contributed by atoms with Crippen LogP contribution in [0.2, 0.25) is 0 Å². The fourth-order valence-electron chi connectivity index (χ4n) is 2.85. The zero-order valence-corrected chi connectivity index (χ0v) is 12.9. The van der Waals surface area contributed by atoms with Crippen LogP contribution < -0.4 is 0 Å². The Bertz CT molecular complexity index is 761. The monoisotopic (exact) mass is 296 g/mol. The summed E-state index contributed by atoms with van der Waals surface area (Å²) in [6.45, 7) is 3.08. The van der Waals surface area contributed by atoms with Gasteiger partial charge in [0, 0.05) is 6.54 Å². The summed E-state index contributed by atoms with van der Waals surface area (Å²) in [5.74, 6) is 0.517. The van der Waals surface area contributed by atoms with Crippen molar-refractivity contribution in [1.29, 1.82) is 0 Å². The Balaban J connectivity index is 2.03. The first-order chi connectivity index (χ1) is 10.8. The van der Waals surface area contributed by atoms with Crippen LogP contribution in [0.1, 0.15) is 32.6 Å². The molecule has 0 atom stereocenters. The summed E-state index contributed by atoms with van der Waals surface area (Å²) in [4.78, 5) is 4.67. The molecule has 0 aliphatic carbocycles. The zero-order chi connectivity index (χ0) is 15.4. The van der Waals surface area contributed by atoms with E-state index in [9.17, 15) is 4.39 Å². The van der Waals surface area contributed by atoms with Gasteiger partial charge in [0.15, 0.2) is 0 Å². The molecular formula is C19H21FN2. The summed E-state index contributed by atoms with van der Waals surface area (Å²) in [7, 11) is 0. The fraction of sp³-hybridized carbons (Fsp3) is 0.316. The van der Waals surface area contributed by atoms with Gasteiger partial charge in [-0.1, -0.05) is 50.5 Å². The standard InChI is InChI=1S/C19H21FN2/c1-2-3-4-9-14-22-18-13-8-7-12-17(18)21-19(22)15-10-5-6-11-16(15)20/h5-8,10-13H,2-4,9,14H2,1H3. The summed E-state index contributed by atoms with van der Waals surface area (Å²) in [5.41, 5.74) is 2.59. The Hall–Kier alpha value is -2.16. The highest BCUT2D eigenvalue weighted by Gasteiger charge is 2.14. The highest BCUT2D eigenvalue weighted by molar-refractivity contribution is 5.80. The predicted octanol–water partition coefficient (Wildman–Crippen LogP) is 5.42. The van der Waals surface area contributed by atoms with Gasteiger partial charge in [-0.25, -0.2) is 9.37 Å². The molecule has 0 saturated carbocycles. The highest BCUT2D eigenvalue weighted by Crippen LogP contribution is 2.27. The summed E-state index contributed by atoms with van der Waals surface area (Å²) in [6.07, 6.45) is 4.74. The van der Waals surface area contributed by atoms with Crippen LogP contribution in [-0.2, 0) is 6.54 Å². The molecule has 0 N–H and O–H groups in total. The number of rotatable bonds is 6. The summed E-state index contributed by atoms with van der Waals surface area (Å²) < 4.78 is 16.3. The van der Waals surface area contributed by atoms with Crippen molar-refractivity contribution in [1.82, 2.24) is 9.55 Å². The molecule has 0 spiro atoms. The van der Waals surface area contributed by atoms with Crippen LogP contribution in [0.4, 0.5) is 4.39 Å². The maximum absolute atomic E-state index is 14.2. The van der Waals surface area contributed by atoms with Crippen LogP contribution in [0.5, 0.6) is 0 Å². The van der Waals surface area contributed by atoms with E-state index in [-0.39, 0.29) is 5.82 Å². The van der Waals surface area contributed by atoms with Crippen LogP contribution >= 0.6 is 0 Å². The van der Waals surface area contributed by atoms with Gasteiger partial charge in [0.05, 0.1) is 16.6 Å². The van der Waals surface area contributed by atoms with Gasteiger partial charge in [-0.3, -0.25) is 0 Å². The van der Waals surface area contributed by atoms with Crippen LogP contribution in [0, 0.1) is 5.82 Å². The van der Waals surface area contributed by atoms with Crippen molar-refractivity contribution in [3.63, 3.8) is 0 Å². The van der Waals surface area contributed by atoms with Crippen molar-refractivity contribution in [2.45, 2.75) is 39.2 Å². The molecule has 22 heavy (non-hydrogen) atoms. The molecule has 0 aliphatic heterocycles. The second-order valence-corrected chi connectivity index (χ2v) is 5.62. The Kier molecular flexibility index (Phi) is 4.52. The topological polar surface area (TPSA) is 17.8 Å². The molecular weight excluding hydrogens is 275 g/mol. The molecule has 2 nitrogen and oxygen atoms in total. The number of para-hydroxylation sites is 2. The molecule has 2 aromatic carbocycles. The minimum atomic E-state index is -0.215. The molecule has 1 aromatic heterocycles. The van der Waals surface area contributed by atoms with Crippen LogP contribution in [0.15, 0.2) is 48.5 Å². The number of aromatic nitrogens is 2. The molecule has 1 heterocycles. The lowest BCUT2D eigenvalue weighted by Gasteiger charge is -2.10. The minimum Gasteiger partial charge on any atom is -0.324 e. The number of hydrogen-bond donors (Lipinski definition) is 0. The third-order valence-corrected chi connectivity index (χ3v) is 4.00. The van der Waals surface area contributed by atoms with E-state index in [0.717, 1.165) is 29.8 Å². The van der Waals surface area contributed by atoms with Crippen molar-refractivity contribution in [3.8, 4) is 11.4 Å². The summed E-state index contributed by atoms with van der Waals surface area (Å²) in [6, 6.07) is 14.9. The maximum atomic E-state index is 14.2. The van der Waals surface area contributed by atoms with E-state index in [4.69, 9.17) is 0 Å². The zero-order valence-electron chi connectivity index (χ0n) is 12.9. The SMILES string of the molecule is CCCCCCn1c(-c2ccccc2F)nc2ccccc21. The maximum Gasteiger partial charge on any atom is 0.144 e. The Labute approximate surface area is 130 Å². The number of hydrogen-bond acceptors (Lipinski definition) is 1. The van der Waals surface area contributed by atoms with Crippen molar-refractivity contribution in [2.75, 3.05) is 0 Å². The largest absolute Gasteiger partial charge is 0.324 e. The Morgan fingerprint density at radius 1 is 0.955 bits per heavy atom. The van der Waals surface area contributed by atoms with Crippen molar-refractivity contribution in [3.05, 3.63) is 54.3 Å². The van der Waals surface area contributed by atoms with Crippen LogP contribution in [0.25, 0.3) is 22.4 Å². The molecule has 3 aromatic rings. The Morgan fingerprint density at radius 2 is 1.73 bits per heavy atom.